The minimum absolute atomic E-state index is 0.0102. The number of hydrogen-bond acceptors (Lipinski definition) is 25. The predicted molar refractivity (Wildman–Crippen MR) is 568 cm³/mol. The van der Waals surface area contributed by atoms with Gasteiger partial charge in [-0.25, -0.2) is 88.1 Å². The number of hydrogen-bond donors (Lipinski definition) is 0. The second-order valence-corrected chi connectivity index (χ2v) is 51.8. The van der Waals surface area contributed by atoms with Gasteiger partial charge < -0.3 is 31.2 Å². The van der Waals surface area contributed by atoms with Gasteiger partial charge in [0.05, 0.1) is 68.9 Å². The van der Waals surface area contributed by atoms with Gasteiger partial charge in [0, 0.05) is 65.8 Å². The van der Waals surface area contributed by atoms with E-state index in [0.717, 1.165) is 46.7 Å². The molecule has 732 valence electrons. The summed E-state index contributed by atoms with van der Waals surface area (Å²) in [6.45, 7) is 7.77. The molecule has 6 aromatic heterocycles. The molecule has 0 atom stereocenters. The van der Waals surface area contributed by atoms with Crippen molar-refractivity contribution in [2.45, 2.75) is 92.4 Å². The molecule has 18 rings (SSSR count). The van der Waals surface area contributed by atoms with Crippen molar-refractivity contribution in [3.8, 4) is 5.75 Å². The van der Waals surface area contributed by atoms with Crippen molar-refractivity contribution in [3.63, 3.8) is 0 Å². The molecular weight excluding hydrogens is 2690 g/mol. The van der Waals surface area contributed by atoms with Crippen LogP contribution in [0.1, 0.15) is 36.5 Å². The summed E-state index contributed by atoms with van der Waals surface area (Å²) in [6.07, 6.45) is 0. The van der Waals surface area contributed by atoms with E-state index in [1.165, 1.54) is 147 Å². The summed E-state index contributed by atoms with van der Waals surface area (Å²) in [5.41, 5.74) is -1.97. The average molecular weight is 2750 g/mol. The molecular formula is C96H57Br10Cl3F2O25S6. The quantitative estimate of drug-likeness (QED) is 0.0912. The average Bonchev–Trinajstić information content (AvgIpc) is 0.778. The van der Waals surface area contributed by atoms with Crippen LogP contribution in [0.4, 0.5) is 8.78 Å². The molecule has 0 aliphatic rings. The van der Waals surface area contributed by atoms with E-state index in [4.69, 9.17) is 66.0 Å². The van der Waals surface area contributed by atoms with E-state index in [1.807, 2.05) is 27.7 Å². The first-order chi connectivity index (χ1) is 66.6. The normalized spacial score (nSPS) is 11.8. The highest BCUT2D eigenvalue weighted by atomic mass is 79.9. The van der Waals surface area contributed by atoms with E-state index in [9.17, 15) is 88.1 Å². The molecule has 12 aromatic carbocycles. The Bertz CT molecular complexity index is 9180. The van der Waals surface area contributed by atoms with Gasteiger partial charge in [-0.3, -0.25) is 0 Å². The summed E-state index contributed by atoms with van der Waals surface area (Å²) in [4.78, 5) is 70.1. The number of halogens is 15. The Labute approximate surface area is 903 Å². The summed E-state index contributed by atoms with van der Waals surface area (Å²) < 4.78 is 222. The SMILES string of the molecule is CC(C)c1ccc(S(=O)(=O)c2cc3cc(Br)cc(Br)c3oc2=O)cc1.COc1ccc(S(=O)(=O)c2cc3cc(Br)cc(Br)c3oc2=O)cc1.Cc1ccc(S(=O)(=O)c2cc3cc(Br)cc(Br)c3oc2=O)cc1C.O=c1oc2c(Br)cc(Br)cc2cc1S(=O)(=O)c1ccc(Cl)c(Cl)c1.O=c1oc2c(Br)cc(Br)cc2cc1S(=O)(=O)c1ccc(Cl)cc1.O=c1oc2c(F)cc(F)cc2cc1S(=O)(=O)c1ccccc1. The molecule has 0 amide bonds. The van der Waals surface area contributed by atoms with Crippen LogP contribution in [0.25, 0.3) is 65.8 Å². The highest BCUT2D eigenvalue weighted by molar-refractivity contribution is 9.12. The molecule has 46 heteroatoms. The number of ether oxygens (including phenoxy) is 1. The first-order valence-corrected chi connectivity index (χ1v) is 57.7. The highest BCUT2D eigenvalue weighted by Crippen LogP contribution is 2.39. The number of fused-ring (bicyclic) bond motifs is 6. The third-order valence-corrected chi connectivity index (χ3v) is 37.2. The zero-order valence-corrected chi connectivity index (χ0v) is 95.1. The zero-order chi connectivity index (χ0) is 104. The molecule has 0 radical (unpaired) electrons. The smallest absolute Gasteiger partial charge is 0.355 e. The summed E-state index contributed by atoms with van der Waals surface area (Å²) in [7, 11) is -22.7. The van der Waals surface area contributed by atoms with Crippen LogP contribution in [-0.4, -0.2) is 57.6 Å². The van der Waals surface area contributed by atoms with Crippen LogP contribution < -0.4 is 38.5 Å². The van der Waals surface area contributed by atoms with Gasteiger partial charge in [0.1, 0.15) is 11.6 Å². The van der Waals surface area contributed by atoms with Crippen molar-refractivity contribution < 1.29 is 90.5 Å². The Morgan fingerprint density at radius 3 is 0.852 bits per heavy atom. The fraction of sp³-hybridized carbons (Fsp3) is 0.0625. The van der Waals surface area contributed by atoms with E-state index >= 15 is 0 Å². The third kappa shape index (κ3) is 24.4. The fourth-order valence-electron chi connectivity index (χ4n) is 13.2. The van der Waals surface area contributed by atoms with Gasteiger partial charge in [-0.1, -0.05) is 165 Å². The molecule has 0 bridgehead atoms. The maximum absolute atomic E-state index is 13.6. The minimum atomic E-state index is -4.14. The van der Waals surface area contributed by atoms with Crippen molar-refractivity contribution in [1.29, 1.82) is 0 Å². The number of benzene rings is 12. The molecule has 0 saturated carbocycles. The molecule has 142 heavy (non-hydrogen) atoms. The molecule has 6 heterocycles. The highest BCUT2D eigenvalue weighted by Gasteiger charge is 2.32. The van der Waals surface area contributed by atoms with Gasteiger partial charge in [-0.05, 0) is 322 Å². The van der Waals surface area contributed by atoms with Gasteiger partial charge in [-0.2, -0.15) is 0 Å². The van der Waals surface area contributed by atoms with Crippen LogP contribution in [-0.2, 0) is 59.0 Å². The standard InChI is InChI=1S/C18H14Br2O4S.C17H12Br2O4S.C16H10Br2O5S.C15H6Br2Cl2O4S.C15H7Br2ClO4S.C15H8F2O4S/c1-10(2)11-3-5-14(6-4-11)25(22,23)16-8-12-7-13(19)9-15(20)17(12)24-18(16)21;1-9-3-4-13(5-10(9)2)24(21,22)15-7-11-6-12(18)8-14(19)16(11)23-17(15)20;1-22-11-2-4-12(5-3-11)24(20,21)14-7-9-6-10(17)8-13(18)15(9)23-16(14)19;16-8-3-7-4-13(15(20)23-14(7)10(17)5-8)24(21,22)9-1-2-11(18)12(19)6-9;16-9-5-8-6-13(15(19)22-14(8)12(17)7-9)23(20,21)11-3-1-10(18)2-4-11;16-10-6-9-7-13(15(18)21-14(9)12(17)8-10)22(19,20)11-4-2-1-3-5-11/h3-10H,1-2H3;3-8H,1-2H3;2-8H,1H3;1-6H;1-7H;1-8H. The van der Waals surface area contributed by atoms with E-state index < -0.39 is 130 Å². The van der Waals surface area contributed by atoms with Gasteiger partial charge >= 0.3 is 33.8 Å². The summed E-state index contributed by atoms with van der Waals surface area (Å²) >= 11 is 50.5. The van der Waals surface area contributed by atoms with Gasteiger partial charge in [0.25, 0.3) is 0 Å². The summed E-state index contributed by atoms with van der Waals surface area (Å²) in [5, 5.41) is 3.00. The molecule has 0 fully saturated rings. The van der Waals surface area contributed by atoms with E-state index in [2.05, 4.69) is 159 Å². The Kier molecular flexibility index (Phi) is 34.7. The molecule has 0 aliphatic heterocycles. The van der Waals surface area contributed by atoms with Crippen LogP contribution >= 0.6 is 194 Å². The number of aryl methyl sites for hydroxylation is 2. The molecule has 0 unspecified atom stereocenters. The lowest BCUT2D eigenvalue weighted by Crippen LogP contribution is -2.14. The molecule has 0 aliphatic carbocycles. The number of methoxy groups -OCH3 is 1. The zero-order valence-electron chi connectivity index (χ0n) is 72.1. The molecule has 0 spiro atoms. The summed E-state index contributed by atoms with van der Waals surface area (Å²) in [5.74, 6) is -1.16. The third-order valence-electron chi connectivity index (χ3n) is 20.4. The lowest BCUT2D eigenvalue weighted by atomic mass is 10.0. The first kappa shape index (κ1) is 110. The first-order valence-electron chi connectivity index (χ1n) is 39.8. The second-order valence-electron chi connectivity index (χ2n) is 30.2. The van der Waals surface area contributed by atoms with Crippen molar-refractivity contribution in [3.05, 3.63) is 399 Å². The second kappa shape index (κ2) is 44.7. The number of sulfone groups is 6. The van der Waals surface area contributed by atoms with Crippen LogP contribution in [0, 0.1) is 25.5 Å². The van der Waals surface area contributed by atoms with Crippen LogP contribution in [0.15, 0.2) is 407 Å². The van der Waals surface area contributed by atoms with Crippen molar-refractivity contribution in [2.24, 2.45) is 0 Å². The van der Waals surface area contributed by atoms with Crippen molar-refractivity contribution in [2.75, 3.05) is 7.11 Å². The molecule has 25 nitrogen and oxygen atoms in total. The van der Waals surface area contributed by atoms with Gasteiger partial charge in [0.2, 0.25) is 59.0 Å². The Balaban J connectivity index is 0.000000143. The number of rotatable bonds is 14. The lowest BCUT2D eigenvalue weighted by Gasteiger charge is -2.08. The monoisotopic (exact) mass is 2730 g/mol. The van der Waals surface area contributed by atoms with Crippen LogP contribution in [0.3, 0.4) is 0 Å². The van der Waals surface area contributed by atoms with E-state index in [0.29, 0.717) is 81.8 Å². The van der Waals surface area contributed by atoms with E-state index in [1.54, 1.807) is 91.0 Å². The predicted octanol–water partition coefficient (Wildman–Crippen LogP) is 27.4. The molecule has 0 saturated heterocycles. The fourth-order valence-corrected chi connectivity index (χ4v) is 28.3. The maximum Gasteiger partial charge on any atom is 0.355 e. The van der Waals surface area contributed by atoms with Crippen molar-refractivity contribution >= 4 is 319 Å². The van der Waals surface area contributed by atoms with E-state index in [-0.39, 0.29) is 77.3 Å². The van der Waals surface area contributed by atoms with Gasteiger partial charge in [0.15, 0.2) is 68.7 Å². The topological polar surface area (TPSA) is 395 Å². The van der Waals surface area contributed by atoms with Crippen molar-refractivity contribution in [1.82, 2.24) is 0 Å². The van der Waals surface area contributed by atoms with Crippen LogP contribution in [0.2, 0.25) is 15.1 Å². The minimum Gasteiger partial charge on any atom is -0.497 e. The maximum atomic E-state index is 13.6. The van der Waals surface area contributed by atoms with Crippen LogP contribution in [0.5, 0.6) is 5.75 Å². The Hall–Kier alpha value is -9.07. The largest absolute Gasteiger partial charge is 0.497 e. The lowest BCUT2D eigenvalue weighted by molar-refractivity contribution is 0.414. The van der Waals surface area contributed by atoms with Gasteiger partial charge in [-0.15, -0.1) is 0 Å². The Morgan fingerprint density at radius 2 is 0.549 bits per heavy atom. The summed E-state index contributed by atoms with van der Waals surface area (Å²) in [6, 6.07) is 59.7. The Morgan fingerprint density at radius 1 is 0.282 bits per heavy atom. The molecule has 0 N–H and O–H groups in total. The molecule has 18 aromatic rings.